The largest absolute Gasteiger partial charge is 0.325 e. The van der Waals surface area contributed by atoms with Gasteiger partial charge in [0.2, 0.25) is 0 Å². The van der Waals surface area contributed by atoms with Crippen molar-refractivity contribution in [2.24, 2.45) is 0 Å². The molecule has 0 saturated carbocycles. The van der Waals surface area contributed by atoms with Gasteiger partial charge in [-0.3, -0.25) is 10.1 Å². The number of hydrogen-bond donors (Lipinski definition) is 1. The Kier molecular flexibility index (Phi) is 5.55. The average Bonchev–Trinajstić information content (AvgIpc) is 2.68. The van der Waals surface area contributed by atoms with Crippen LogP contribution in [0.4, 0.5) is 21.0 Å². The van der Waals surface area contributed by atoms with E-state index in [0.29, 0.717) is 31.9 Å². The van der Waals surface area contributed by atoms with Gasteiger partial charge in [0.15, 0.2) is 0 Å². The van der Waals surface area contributed by atoms with Crippen LogP contribution in [-0.2, 0) is 0 Å². The van der Waals surface area contributed by atoms with Gasteiger partial charge in [-0.1, -0.05) is 6.07 Å². The first-order chi connectivity index (χ1) is 12.5. The maximum Gasteiger partial charge on any atom is 0.321 e. The van der Waals surface area contributed by atoms with Gasteiger partial charge in [-0.2, -0.15) is 0 Å². The second-order valence-corrected chi connectivity index (χ2v) is 6.54. The second kappa shape index (κ2) is 8.03. The van der Waals surface area contributed by atoms with E-state index in [0.717, 1.165) is 25.9 Å². The number of piperazine rings is 1. The Bertz CT molecular complexity index is 681. The average molecular weight is 361 g/mol. The fourth-order valence-electron chi connectivity index (χ4n) is 3.29. The zero-order valence-electron chi connectivity index (χ0n) is 14.6. The third-order valence-corrected chi connectivity index (χ3v) is 4.77. The standard InChI is InChI=1S/C17H23N5O4/c23-16(18-14-5-4-6-15(13-14)22(25)26)19-9-11-21(12-10-19)17(24)20-7-2-1-3-8-20/h4-6,13H,1-3,7-12H2,(H,18,23). The molecule has 4 amide bonds. The van der Waals surface area contributed by atoms with Crippen molar-refractivity contribution in [3.8, 4) is 0 Å². The van der Waals surface area contributed by atoms with E-state index >= 15 is 0 Å². The van der Waals surface area contributed by atoms with Gasteiger partial charge in [-0.15, -0.1) is 0 Å². The molecule has 1 aromatic rings. The van der Waals surface area contributed by atoms with Crippen molar-refractivity contribution in [3.63, 3.8) is 0 Å². The SMILES string of the molecule is O=C(Nc1cccc([N+](=O)[O-])c1)N1CCN(C(=O)N2CCCCC2)CC1. The number of urea groups is 2. The molecule has 2 saturated heterocycles. The third-order valence-electron chi connectivity index (χ3n) is 4.77. The van der Waals surface area contributed by atoms with Crippen molar-refractivity contribution >= 4 is 23.4 Å². The molecule has 2 aliphatic rings. The van der Waals surface area contributed by atoms with E-state index < -0.39 is 4.92 Å². The van der Waals surface area contributed by atoms with E-state index in [2.05, 4.69) is 5.32 Å². The number of hydrogen-bond acceptors (Lipinski definition) is 4. The summed E-state index contributed by atoms with van der Waals surface area (Å²) in [5.74, 6) is 0. The first-order valence-corrected chi connectivity index (χ1v) is 8.89. The van der Waals surface area contributed by atoms with E-state index in [1.54, 1.807) is 15.9 Å². The van der Waals surface area contributed by atoms with E-state index in [1.165, 1.54) is 24.6 Å². The Balaban J connectivity index is 1.51. The molecule has 0 bridgehead atoms. The number of nitro groups is 1. The molecule has 2 heterocycles. The van der Waals surface area contributed by atoms with Gasteiger partial charge in [-0.05, 0) is 25.3 Å². The lowest BCUT2D eigenvalue weighted by Gasteiger charge is -2.38. The number of nitro benzene ring substituents is 1. The van der Waals surface area contributed by atoms with E-state index in [1.807, 2.05) is 4.90 Å². The molecule has 0 aromatic heterocycles. The molecule has 2 fully saturated rings. The van der Waals surface area contributed by atoms with Crippen molar-refractivity contribution in [1.29, 1.82) is 0 Å². The molecule has 9 nitrogen and oxygen atoms in total. The van der Waals surface area contributed by atoms with Crippen molar-refractivity contribution in [2.75, 3.05) is 44.6 Å². The summed E-state index contributed by atoms with van der Waals surface area (Å²) in [6.45, 7) is 3.51. The number of amides is 4. The molecule has 0 aliphatic carbocycles. The zero-order chi connectivity index (χ0) is 18.5. The number of carbonyl (C=O) groups excluding carboxylic acids is 2. The minimum Gasteiger partial charge on any atom is -0.325 e. The Morgan fingerprint density at radius 1 is 0.923 bits per heavy atom. The van der Waals surface area contributed by atoms with Crippen LogP contribution in [0.15, 0.2) is 24.3 Å². The summed E-state index contributed by atoms with van der Waals surface area (Å²) >= 11 is 0. The molecule has 140 valence electrons. The summed E-state index contributed by atoms with van der Waals surface area (Å²) in [6.07, 6.45) is 3.28. The Morgan fingerprint density at radius 2 is 1.54 bits per heavy atom. The number of nitrogens with zero attached hydrogens (tertiary/aromatic N) is 4. The molecule has 3 rings (SSSR count). The highest BCUT2D eigenvalue weighted by molar-refractivity contribution is 5.90. The van der Waals surface area contributed by atoms with E-state index in [4.69, 9.17) is 0 Å². The van der Waals surface area contributed by atoms with E-state index in [-0.39, 0.29) is 17.7 Å². The number of nitrogens with one attached hydrogen (secondary N) is 1. The highest BCUT2D eigenvalue weighted by Crippen LogP contribution is 2.18. The maximum absolute atomic E-state index is 12.5. The fourth-order valence-corrected chi connectivity index (χ4v) is 3.29. The summed E-state index contributed by atoms with van der Waals surface area (Å²) in [5, 5.41) is 13.5. The van der Waals surface area contributed by atoms with Crippen molar-refractivity contribution in [3.05, 3.63) is 34.4 Å². The number of rotatable bonds is 2. The number of benzene rings is 1. The van der Waals surface area contributed by atoms with Gasteiger partial charge in [0, 0.05) is 57.1 Å². The van der Waals surface area contributed by atoms with Crippen LogP contribution in [0.1, 0.15) is 19.3 Å². The molecule has 0 atom stereocenters. The number of likely N-dealkylation sites (tertiary alicyclic amines) is 1. The predicted molar refractivity (Wildman–Crippen MR) is 96.1 cm³/mol. The molecule has 0 radical (unpaired) electrons. The molecular weight excluding hydrogens is 338 g/mol. The van der Waals surface area contributed by atoms with Crippen LogP contribution in [0.25, 0.3) is 0 Å². The van der Waals surface area contributed by atoms with Crippen LogP contribution in [0, 0.1) is 10.1 Å². The van der Waals surface area contributed by atoms with Gasteiger partial charge < -0.3 is 20.0 Å². The number of carbonyl (C=O) groups is 2. The number of anilines is 1. The Morgan fingerprint density at radius 3 is 2.19 bits per heavy atom. The summed E-state index contributed by atoms with van der Waals surface area (Å²) in [7, 11) is 0. The third kappa shape index (κ3) is 4.22. The minimum atomic E-state index is -0.499. The Labute approximate surface area is 151 Å². The lowest BCUT2D eigenvalue weighted by Crippen LogP contribution is -2.55. The fraction of sp³-hybridized carbons (Fsp3) is 0.529. The van der Waals surface area contributed by atoms with Crippen LogP contribution in [0.5, 0.6) is 0 Å². The van der Waals surface area contributed by atoms with Crippen LogP contribution in [0.3, 0.4) is 0 Å². The molecule has 1 N–H and O–H groups in total. The maximum atomic E-state index is 12.5. The zero-order valence-corrected chi connectivity index (χ0v) is 14.6. The van der Waals surface area contributed by atoms with Crippen molar-refractivity contribution < 1.29 is 14.5 Å². The number of non-ortho nitro benzene ring substituents is 1. The van der Waals surface area contributed by atoms with Gasteiger partial charge in [0.1, 0.15) is 0 Å². The molecular formula is C17H23N5O4. The topological polar surface area (TPSA) is 99.0 Å². The molecule has 1 aromatic carbocycles. The lowest BCUT2D eigenvalue weighted by atomic mass is 10.1. The summed E-state index contributed by atoms with van der Waals surface area (Å²) in [6, 6.07) is 5.59. The van der Waals surface area contributed by atoms with Crippen molar-refractivity contribution in [2.45, 2.75) is 19.3 Å². The first kappa shape index (κ1) is 18.0. The predicted octanol–water partition coefficient (Wildman–Crippen LogP) is 2.35. The first-order valence-electron chi connectivity index (χ1n) is 8.89. The minimum absolute atomic E-state index is 0.0587. The second-order valence-electron chi connectivity index (χ2n) is 6.54. The molecule has 9 heteroatoms. The molecule has 0 spiro atoms. The normalized spacial score (nSPS) is 17.8. The van der Waals surface area contributed by atoms with E-state index in [9.17, 15) is 19.7 Å². The van der Waals surface area contributed by atoms with Gasteiger partial charge in [0.05, 0.1) is 4.92 Å². The summed E-state index contributed by atoms with van der Waals surface area (Å²) in [4.78, 5) is 40.5. The lowest BCUT2D eigenvalue weighted by molar-refractivity contribution is -0.384. The monoisotopic (exact) mass is 361 g/mol. The molecule has 2 aliphatic heterocycles. The van der Waals surface area contributed by atoms with Crippen LogP contribution in [-0.4, -0.2) is 71.0 Å². The summed E-state index contributed by atoms with van der Waals surface area (Å²) < 4.78 is 0. The summed E-state index contributed by atoms with van der Waals surface area (Å²) in [5.41, 5.74) is 0.316. The van der Waals surface area contributed by atoms with Gasteiger partial charge in [0.25, 0.3) is 5.69 Å². The smallest absolute Gasteiger partial charge is 0.321 e. The quantitative estimate of drug-likeness (QED) is 0.645. The van der Waals surface area contributed by atoms with Crippen LogP contribution >= 0.6 is 0 Å². The molecule has 26 heavy (non-hydrogen) atoms. The number of piperidine rings is 1. The molecule has 0 unspecified atom stereocenters. The van der Waals surface area contributed by atoms with Gasteiger partial charge >= 0.3 is 12.1 Å². The Hall–Kier alpha value is -2.84. The van der Waals surface area contributed by atoms with Crippen LogP contribution in [0.2, 0.25) is 0 Å². The highest BCUT2D eigenvalue weighted by atomic mass is 16.6. The highest BCUT2D eigenvalue weighted by Gasteiger charge is 2.28. The van der Waals surface area contributed by atoms with Crippen molar-refractivity contribution in [1.82, 2.24) is 14.7 Å². The van der Waals surface area contributed by atoms with Gasteiger partial charge in [-0.25, -0.2) is 9.59 Å². The van der Waals surface area contributed by atoms with Crippen LogP contribution < -0.4 is 5.32 Å².